The van der Waals surface area contributed by atoms with E-state index in [-0.39, 0.29) is 0 Å². The predicted octanol–water partition coefficient (Wildman–Crippen LogP) is 3.15. The van der Waals surface area contributed by atoms with E-state index in [1.54, 1.807) is 5.10 Å². The second-order valence-corrected chi connectivity index (χ2v) is 4.67. The van der Waals surface area contributed by atoms with Gasteiger partial charge in [-0.2, -0.15) is 13.2 Å². The molecule has 1 heterocycles. The van der Waals surface area contributed by atoms with Gasteiger partial charge in [-0.1, -0.05) is 0 Å². The van der Waals surface area contributed by atoms with E-state index in [1.165, 1.54) is 5.32 Å². The van der Waals surface area contributed by atoms with E-state index in [9.17, 15) is 45.6 Å². The molecule has 0 spiro atoms. The molecule has 8 nitrogen and oxygen atoms in total. The maximum absolute atomic E-state index is 13.8. The van der Waals surface area contributed by atoms with Crippen molar-refractivity contribution in [1.29, 1.82) is 0 Å². The lowest BCUT2D eigenvalue weighted by molar-refractivity contribution is -0.386. The minimum Gasteiger partial charge on any atom is -0.475 e. The van der Waals surface area contributed by atoms with Crippen LogP contribution < -0.4 is 10.1 Å². The molecular formula is C12H5F7N4O4. The summed E-state index contributed by atoms with van der Waals surface area (Å²) in [6.45, 7) is 0. The molecule has 27 heavy (non-hydrogen) atoms. The molecule has 0 atom stereocenters. The minimum absolute atomic E-state index is 0.712. The van der Waals surface area contributed by atoms with Crippen LogP contribution in [0.5, 0.6) is 5.88 Å². The third-order valence-corrected chi connectivity index (χ3v) is 3.10. The van der Waals surface area contributed by atoms with Gasteiger partial charge in [0, 0.05) is 0 Å². The molecule has 0 fully saturated rings. The molecular weight excluding hydrogens is 397 g/mol. The monoisotopic (exact) mass is 402 g/mol. The number of H-pyrrole nitrogens is 1. The molecule has 0 bridgehead atoms. The van der Waals surface area contributed by atoms with Gasteiger partial charge in [-0.05, 0) is 0 Å². The van der Waals surface area contributed by atoms with E-state index < -0.39 is 68.8 Å². The van der Waals surface area contributed by atoms with Crippen LogP contribution in [0.4, 0.5) is 42.1 Å². The van der Waals surface area contributed by atoms with E-state index in [0.717, 1.165) is 7.11 Å². The van der Waals surface area contributed by atoms with Crippen molar-refractivity contribution in [1.82, 2.24) is 10.2 Å². The summed E-state index contributed by atoms with van der Waals surface area (Å²) in [6, 6.07) is 0. The Morgan fingerprint density at radius 2 is 1.67 bits per heavy atom. The van der Waals surface area contributed by atoms with Gasteiger partial charge in [-0.25, -0.2) is 17.6 Å². The molecule has 15 heteroatoms. The first-order chi connectivity index (χ1) is 12.4. The quantitative estimate of drug-likeness (QED) is 0.353. The summed E-state index contributed by atoms with van der Waals surface area (Å²) in [6.07, 6.45) is -5.77. The summed E-state index contributed by atoms with van der Waals surface area (Å²) < 4.78 is 96.5. The fraction of sp³-hybridized carbons (Fsp3) is 0.167. The highest BCUT2D eigenvalue weighted by Gasteiger charge is 2.43. The summed E-state index contributed by atoms with van der Waals surface area (Å²) in [5.74, 6) is -13.2. The molecule has 0 saturated heterocycles. The Morgan fingerprint density at radius 3 is 2.07 bits per heavy atom. The maximum atomic E-state index is 13.8. The average molecular weight is 402 g/mol. The van der Waals surface area contributed by atoms with Crippen LogP contribution in [0.2, 0.25) is 0 Å². The highest BCUT2D eigenvalue weighted by molar-refractivity contribution is 6.06. The first kappa shape index (κ1) is 19.9. The highest BCUT2D eigenvalue weighted by Crippen LogP contribution is 2.38. The number of nitrogens with one attached hydrogen (secondary N) is 2. The first-order valence-corrected chi connectivity index (χ1v) is 6.43. The Balaban J connectivity index is 2.55. The maximum Gasteiger partial charge on any atom is 0.422 e. The number of nitro groups is 1. The normalized spacial score (nSPS) is 11.4. The van der Waals surface area contributed by atoms with E-state index in [2.05, 4.69) is 9.84 Å². The molecule has 1 aromatic heterocycles. The van der Waals surface area contributed by atoms with Gasteiger partial charge in [0.05, 0.1) is 12.0 Å². The lowest BCUT2D eigenvalue weighted by Crippen LogP contribution is -2.21. The number of alkyl halides is 3. The van der Waals surface area contributed by atoms with Gasteiger partial charge in [-0.15, -0.1) is 5.10 Å². The molecule has 0 radical (unpaired) electrons. The number of anilines is 1. The van der Waals surface area contributed by atoms with Crippen molar-refractivity contribution in [2.24, 2.45) is 0 Å². The van der Waals surface area contributed by atoms with E-state index in [1.807, 2.05) is 0 Å². The minimum atomic E-state index is -5.77. The summed E-state index contributed by atoms with van der Waals surface area (Å²) in [5.41, 5.74) is -6.91. The summed E-state index contributed by atoms with van der Waals surface area (Å²) in [4.78, 5) is 21.7. The van der Waals surface area contributed by atoms with Gasteiger partial charge >= 0.3 is 17.7 Å². The van der Waals surface area contributed by atoms with Crippen molar-refractivity contribution in [3.63, 3.8) is 0 Å². The van der Waals surface area contributed by atoms with E-state index in [4.69, 9.17) is 0 Å². The zero-order valence-corrected chi connectivity index (χ0v) is 12.7. The zero-order valence-electron chi connectivity index (χ0n) is 12.7. The number of carbonyl (C=O) groups is 1. The van der Waals surface area contributed by atoms with Crippen LogP contribution in [-0.4, -0.2) is 28.1 Å². The molecule has 0 saturated carbocycles. The molecule has 0 unspecified atom stereocenters. The number of methoxy groups -OCH3 is 1. The predicted molar refractivity (Wildman–Crippen MR) is 71.0 cm³/mol. The molecule has 2 aromatic rings. The topological polar surface area (TPSA) is 110 Å². The van der Waals surface area contributed by atoms with Crippen LogP contribution in [0, 0.1) is 33.4 Å². The van der Waals surface area contributed by atoms with Gasteiger partial charge in [0.1, 0.15) is 11.3 Å². The van der Waals surface area contributed by atoms with E-state index >= 15 is 0 Å². The van der Waals surface area contributed by atoms with Crippen LogP contribution in [0.1, 0.15) is 16.1 Å². The lowest BCUT2D eigenvalue weighted by Gasteiger charge is -2.14. The van der Waals surface area contributed by atoms with Crippen molar-refractivity contribution in [2.75, 3.05) is 12.4 Å². The Kier molecular flexibility index (Phi) is 4.97. The Hall–Kier alpha value is -3.39. The fourth-order valence-electron chi connectivity index (χ4n) is 1.96. The second kappa shape index (κ2) is 6.73. The number of carbonyl (C=O) groups excluding carboxylic acids is 1. The molecule has 1 amide bonds. The Labute approximate surface area is 143 Å². The van der Waals surface area contributed by atoms with Crippen molar-refractivity contribution in [3.8, 4) is 5.88 Å². The summed E-state index contributed by atoms with van der Waals surface area (Å²) in [5, 5.41) is 17.1. The molecule has 2 N–H and O–H groups in total. The third-order valence-electron chi connectivity index (χ3n) is 3.10. The standard InChI is InChI=1S/C12H5F7N4O4/c1-27-11-9(23(25)26)8(21-22-11)10(24)20-7-5(15)3(13)2(12(17,18)19)4(14)6(7)16/h1H3,(H,20,24)(H,21,22). The highest BCUT2D eigenvalue weighted by atomic mass is 19.4. The molecule has 1 aromatic carbocycles. The molecule has 2 rings (SSSR count). The van der Waals surface area contributed by atoms with Gasteiger partial charge in [0.25, 0.3) is 5.91 Å². The average Bonchev–Trinajstić information content (AvgIpc) is 3.00. The number of amides is 1. The molecule has 0 aliphatic carbocycles. The number of aromatic nitrogens is 2. The van der Waals surface area contributed by atoms with Crippen LogP contribution in [0.15, 0.2) is 0 Å². The number of nitrogens with zero attached hydrogens (tertiary/aromatic N) is 2. The molecule has 146 valence electrons. The molecule has 0 aliphatic heterocycles. The lowest BCUT2D eigenvalue weighted by atomic mass is 10.1. The third kappa shape index (κ3) is 3.34. The van der Waals surface area contributed by atoms with Crippen LogP contribution in [0.3, 0.4) is 0 Å². The molecule has 0 aliphatic rings. The largest absolute Gasteiger partial charge is 0.475 e. The van der Waals surface area contributed by atoms with Crippen molar-refractivity contribution < 1.29 is 45.2 Å². The van der Waals surface area contributed by atoms with E-state index in [0.29, 0.717) is 0 Å². The number of hydrogen-bond acceptors (Lipinski definition) is 5. The summed E-state index contributed by atoms with van der Waals surface area (Å²) in [7, 11) is 0.935. The van der Waals surface area contributed by atoms with Gasteiger partial charge < -0.3 is 10.1 Å². The Bertz CT molecular complexity index is 912. The number of hydrogen-bond donors (Lipinski definition) is 2. The fourth-order valence-corrected chi connectivity index (χ4v) is 1.96. The zero-order chi connectivity index (χ0) is 20.7. The smallest absolute Gasteiger partial charge is 0.422 e. The van der Waals surface area contributed by atoms with Crippen molar-refractivity contribution in [3.05, 3.63) is 44.6 Å². The second-order valence-electron chi connectivity index (χ2n) is 4.67. The van der Waals surface area contributed by atoms with Gasteiger partial charge in [-0.3, -0.25) is 20.0 Å². The van der Waals surface area contributed by atoms with Crippen LogP contribution in [0.25, 0.3) is 0 Å². The SMILES string of the molecule is COc1n[nH]c(C(=O)Nc2c(F)c(F)c(C(F)(F)F)c(F)c2F)c1[N+](=O)[O-]. The van der Waals surface area contributed by atoms with Crippen molar-refractivity contribution in [2.45, 2.75) is 6.18 Å². The summed E-state index contributed by atoms with van der Waals surface area (Å²) >= 11 is 0. The van der Waals surface area contributed by atoms with Crippen LogP contribution in [-0.2, 0) is 6.18 Å². The number of benzene rings is 1. The van der Waals surface area contributed by atoms with Gasteiger partial charge in [0.15, 0.2) is 23.3 Å². The van der Waals surface area contributed by atoms with Gasteiger partial charge in [0.2, 0.25) is 5.69 Å². The van der Waals surface area contributed by atoms with Crippen molar-refractivity contribution >= 4 is 17.3 Å². The number of ether oxygens (including phenoxy) is 1. The number of rotatable bonds is 4. The number of halogens is 7. The van der Waals surface area contributed by atoms with Crippen LogP contribution >= 0.6 is 0 Å². The number of aromatic amines is 1. The Morgan fingerprint density at radius 1 is 1.15 bits per heavy atom. The first-order valence-electron chi connectivity index (χ1n) is 6.43.